The van der Waals surface area contributed by atoms with Crippen LogP contribution in [0.5, 0.6) is 11.5 Å². The van der Waals surface area contributed by atoms with Crippen molar-refractivity contribution in [1.82, 2.24) is 9.21 Å². The van der Waals surface area contributed by atoms with E-state index in [2.05, 4.69) is 12.1 Å². The minimum atomic E-state index is -3.67. The molecule has 2 aliphatic rings. The maximum Gasteiger partial charge on any atom is 0.243 e. The lowest BCUT2D eigenvalue weighted by molar-refractivity contribution is -0.137. The third kappa shape index (κ3) is 4.34. The fourth-order valence-electron chi connectivity index (χ4n) is 4.76. The molecule has 0 N–H and O–H groups in total. The Morgan fingerprint density at radius 1 is 0.906 bits per heavy atom. The van der Waals surface area contributed by atoms with E-state index in [1.807, 2.05) is 23.1 Å². The number of hydrogen-bond donors (Lipinski definition) is 0. The van der Waals surface area contributed by atoms with E-state index >= 15 is 0 Å². The van der Waals surface area contributed by atoms with Crippen LogP contribution in [0.2, 0.25) is 0 Å². The van der Waals surface area contributed by atoms with E-state index in [4.69, 9.17) is 9.47 Å². The van der Waals surface area contributed by atoms with E-state index in [0.29, 0.717) is 37.4 Å². The van der Waals surface area contributed by atoms with Gasteiger partial charge in [-0.05, 0) is 43.4 Å². The van der Waals surface area contributed by atoms with Crippen molar-refractivity contribution >= 4 is 15.9 Å². The van der Waals surface area contributed by atoms with Crippen molar-refractivity contribution in [1.29, 1.82) is 0 Å². The lowest BCUT2D eigenvalue weighted by Gasteiger charge is -2.34. The van der Waals surface area contributed by atoms with Gasteiger partial charge in [-0.25, -0.2) is 8.42 Å². The van der Waals surface area contributed by atoms with E-state index in [-0.39, 0.29) is 22.8 Å². The Balaban J connectivity index is 1.43. The first-order valence-electron chi connectivity index (χ1n) is 11.0. The van der Waals surface area contributed by atoms with Gasteiger partial charge >= 0.3 is 0 Å². The van der Waals surface area contributed by atoms with Crippen molar-refractivity contribution in [2.75, 3.05) is 33.9 Å². The molecule has 2 heterocycles. The van der Waals surface area contributed by atoms with Crippen molar-refractivity contribution in [3.05, 3.63) is 54.1 Å². The Kier molecular flexibility index (Phi) is 6.71. The van der Waals surface area contributed by atoms with Gasteiger partial charge in [-0.2, -0.15) is 4.31 Å². The highest BCUT2D eigenvalue weighted by Crippen LogP contribution is 2.36. The van der Waals surface area contributed by atoms with Gasteiger partial charge in [0.2, 0.25) is 15.9 Å². The molecule has 0 bridgehead atoms. The van der Waals surface area contributed by atoms with Gasteiger partial charge in [-0.1, -0.05) is 30.3 Å². The van der Waals surface area contributed by atoms with Gasteiger partial charge in [0.15, 0.2) is 11.5 Å². The fourth-order valence-corrected chi connectivity index (χ4v) is 6.24. The summed E-state index contributed by atoms with van der Waals surface area (Å²) in [5.74, 6) is 0.865. The van der Waals surface area contributed by atoms with Crippen LogP contribution in [0.15, 0.2) is 53.4 Å². The van der Waals surface area contributed by atoms with Gasteiger partial charge in [0.1, 0.15) is 0 Å². The first-order valence-corrected chi connectivity index (χ1v) is 12.5. The molecule has 2 aromatic rings. The zero-order chi connectivity index (χ0) is 22.7. The van der Waals surface area contributed by atoms with Crippen molar-refractivity contribution in [2.24, 2.45) is 5.92 Å². The summed E-state index contributed by atoms with van der Waals surface area (Å²) in [6, 6.07) is 14.9. The summed E-state index contributed by atoms with van der Waals surface area (Å²) >= 11 is 0. The second kappa shape index (κ2) is 9.50. The normalized spacial score (nSPS) is 20.3. The molecule has 1 amide bonds. The predicted molar refractivity (Wildman–Crippen MR) is 121 cm³/mol. The highest BCUT2D eigenvalue weighted by atomic mass is 32.2. The van der Waals surface area contributed by atoms with Crippen LogP contribution in [0.4, 0.5) is 0 Å². The van der Waals surface area contributed by atoms with Crippen LogP contribution in [-0.4, -0.2) is 57.4 Å². The van der Waals surface area contributed by atoms with Crippen molar-refractivity contribution in [2.45, 2.75) is 36.6 Å². The lowest BCUT2D eigenvalue weighted by atomic mass is 9.95. The van der Waals surface area contributed by atoms with Crippen LogP contribution < -0.4 is 9.47 Å². The molecule has 0 aliphatic carbocycles. The van der Waals surface area contributed by atoms with Gasteiger partial charge in [-0.15, -0.1) is 0 Å². The molecular weight excluding hydrogens is 428 g/mol. The Labute approximate surface area is 190 Å². The first kappa shape index (κ1) is 22.6. The number of ether oxygens (including phenoxy) is 2. The second-order valence-corrected chi connectivity index (χ2v) is 10.2. The number of methoxy groups -OCH3 is 2. The Morgan fingerprint density at radius 3 is 2.25 bits per heavy atom. The number of likely N-dealkylation sites (tertiary alicyclic amines) is 1. The molecule has 2 aromatic carbocycles. The van der Waals surface area contributed by atoms with Gasteiger partial charge in [0, 0.05) is 31.6 Å². The monoisotopic (exact) mass is 458 g/mol. The maximum atomic E-state index is 13.3. The van der Waals surface area contributed by atoms with E-state index in [1.54, 1.807) is 6.07 Å². The van der Waals surface area contributed by atoms with Crippen LogP contribution >= 0.6 is 0 Å². The SMILES string of the molecule is COc1ccc(S(=O)(=O)N2CCC(C(=O)N3CCCC3c3ccccc3)CC2)cc1OC. The third-order valence-corrected chi connectivity index (χ3v) is 8.41. The Bertz CT molecular complexity index is 1050. The van der Waals surface area contributed by atoms with E-state index in [1.165, 1.54) is 36.2 Å². The van der Waals surface area contributed by atoms with E-state index in [0.717, 1.165) is 19.4 Å². The smallest absolute Gasteiger partial charge is 0.243 e. The molecule has 4 rings (SSSR count). The number of nitrogens with zero attached hydrogens (tertiary/aromatic N) is 2. The van der Waals surface area contributed by atoms with Crippen molar-refractivity contribution < 1.29 is 22.7 Å². The highest BCUT2D eigenvalue weighted by molar-refractivity contribution is 7.89. The van der Waals surface area contributed by atoms with Crippen LogP contribution in [0.25, 0.3) is 0 Å². The Morgan fingerprint density at radius 2 is 1.59 bits per heavy atom. The number of piperidine rings is 1. The number of carbonyl (C=O) groups excluding carboxylic acids is 1. The average Bonchev–Trinajstić information content (AvgIpc) is 3.33. The minimum Gasteiger partial charge on any atom is -0.493 e. The molecule has 0 aromatic heterocycles. The molecule has 2 saturated heterocycles. The third-order valence-electron chi connectivity index (χ3n) is 6.52. The fraction of sp³-hybridized carbons (Fsp3) is 0.458. The number of hydrogen-bond acceptors (Lipinski definition) is 5. The quantitative estimate of drug-likeness (QED) is 0.663. The van der Waals surface area contributed by atoms with Crippen LogP contribution in [-0.2, 0) is 14.8 Å². The summed E-state index contributed by atoms with van der Waals surface area (Å²) in [5.41, 5.74) is 1.17. The highest BCUT2D eigenvalue weighted by Gasteiger charge is 2.37. The van der Waals surface area contributed by atoms with Gasteiger partial charge in [0.25, 0.3) is 0 Å². The first-order chi connectivity index (χ1) is 15.5. The zero-order valence-corrected chi connectivity index (χ0v) is 19.4. The summed E-state index contributed by atoms with van der Waals surface area (Å²) in [6.45, 7) is 1.43. The number of benzene rings is 2. The lowest BCUT2D eigenvalue weighted by Crippen LogP contribution is -2.44. The standard InChI is InChI=1S/C24H30N2O5S/c1-30-22-11-10-20(17-23(22)31-2)32(28,29)25-15-12-19(13-16-25)24(27)26-14-6-9-21(26)18-7-4-3-5-8-18/h3-5,7-8,10-11,17,19,21H,6,9,12-16H2,1-2H3. The summed E-state index contributed by atoms with van der Waals surface area (Å²) in [5, 5.41) is 0. The molecule has 8 heteroatoms. The van der Waals surface area contributed by atoms with E-state index in [9.17, 15) is 13.2 Å². The summed E-state index contributed by atoms with van der Waals surface area (Å²) < 4.78 is 38.2. The van der Waals surface area contributed by atoms with Crippen LogP contribution in [0, 0.1) is 5.92 Å². The molecule has 2 aliphatic heterocycles. The van der Waals surface area contributed by atoms with Crippen LogP contribution in [0.3, 0.4) is 0 Å². The predicted octanol–water partition coefficient (Wildman–Crippen LogP) is 3.47. The average molecular weight is 459 g/mol. The van der Waals surface area contributed by atoms with Gasteiger partial charge in [0.05, 0.1) is 25.2 Å². The van der Waals surface area contributed by atoms with Gasteiger partial charge in [-0.3, -0.25) is 4.79 Å². The minimum absolute atomic E-state index is 0.122. The molecule has 1 unspecified atom stereocenters. The second-order valence-electron chi connectivity index (χ2n) is 8.30. The van der Waals surface area contributed by atoms with E-state index < -0.39 is 10.0 Å². The van der Waals surface area contributed by atoms with Crippen molar-refractivity contribution in [3.63, 3.8) is 0 Å². The van der Waals surface area contributed by atoms with Crippen LogP contribution in [0.1, 0.15) is 37.3 Å². The molecular formula is C24H30N2O5S. The summed E-state index contributed by atoms with van der Waals surface area (Å²) in [7, 11) is -0.680. The molecule has 0 radical (unpaired) electrons. The molecule has 32 heavy (non-hydrogen) atoms. The number of sulfonamides is 1. The molecule has 2 fully saturated rings. The summed E-state index contributed by atoms with van der Waals surface area (Å²) in [4.78, 5) is 15.5. The molecule has 7 nitrogen and oxygen atoms in total. The largest absolute Gasteiger partial charge is 0.493 e. The number of carbonyl (C=O) groups is 1. The summed E-state index contributed by atoms with van der Waals surface area (Å²) in [6.07, 6.45) is 3.03. The molecule has 1 atom stereocenters. The molecule has 172 valence electrons. The topological polar surface area (TPSA) is 76.2 Å². The number of rotatable bonds is 6. The Hall–Kier alpha value is -2.58. The zero-order valence-electron chi connectivity index (χ0n) is 18.6. The molecule has 0 saturated carbocycles. The maximum absolute atomic E-state index is 13.3. The van der Waals surface area contributed by atoms with Crippen molar-refractivity contribution in [3.8, 4) is 11.5 Å². The van der Waals surface area contributed by atoms with Gasteiger partial charge < -0.3 is 14.4 Å². The number of amides is 1. The molecule has 0 spiro atoms.